The molecule has 0 aliphatic heterocycles. The lowest BCUT2D eigenvalue weighted by atomic mass is 10.1. The summed E-state index contributed by atoms with van der Waals surface area (Å²) in [5, 5.41) is 6.26. The molecule has 0 aliphatic rings. The number of rotatable bonds is 3. The molecule has 0 radical (unpaired) electrons. The largest absolute Gasteiger partial charge is 0.264 e. The Balaban J connectivity index is 1.91. The van der Waals surface area contributed by atoms with Gasteiger partial charge in [0.05, 0.1) is 5.69 Å². The maximum atomic E-state index is 4.80. The quantitative estimate of drug-likeness (QED) is 0.533. The van der Waals surface area contributed by atoms with Gasteiger partial charge in [0.1, 0.15) is 0 Å². The molecule has 0 saturated heterocycles. The predicted molar refractivity (Wildman–Crippen MR) is 91.9 cm³/mol. The molecule has 0 saturated carbocycles. The highest BCUT2D eigenvalue weighted by Crippen LogP contribution is 2.34. The van der Waals surface area contributed by atoms with Crippen molar-refractivity contribution in [2.24, 2.45) is 0 Å². The zero-order valence-electron chi connectivity index (χ0n) is 11.5. The highest BCUT2D eigenvalue weighted by atomic mass is 32.1. The molecule has 4 rings (SSSR count). The van der Waals surface area contributed by atoms with E-state index in [1.165, 1.54) is 4.88 Å². The summed E-state index contributed by atoms with van der Waals surface area (Å²) in [5.41, 5.74) is 4.09. The van der Waals surface area contributed by atoms with E-state index in [0.29, 0.717) is 5.82 Å². The van der Waals surface area contributed by atoms with E-state index in [2.05, 4.69) is 38.2 Å². The summed E-state index contributed by atoms with van der Waals surface area (Å²) in [6.07, 6.45) is 5.45. The van der Waals surface area contributed by atoms with Crippen molar-refractivity contribution in [2.45, 2.75) is 0 Å². The lowest BCUT2D eigenvalue weighted by Gasteiger charge is -2.08. The van der Waals surface area contributed by atoms with Gasteiger partial charge in [0.25, 0.3) is 0 Å². The van der Waals surface area contributed by atoms with Gasteiger partial charge in [-0.25, -0.2) is 9.97 Å². The molecule has 5 heteroatoms. The van der Waals surface area contributed by atoms with Gasteiger partial charge in [-0.15, -0.1) is 11.3 Å². The van der Waals surface area contributed by atoms with Crippen LogP contribution < -0.4 is 0 Å². The van der Waals surface area contributed by atoms with E-state index in [9.17, 15) is 0 Å². The summed E-state index contributed by atoms with van der Waals surface area (Å²) in [7, 11) is 0. The van der Waals surface area contributed by atoms with Gasteiger partial charge in [-0.1, -0.05) is 6.07 Å². The Morgan fingerprint density at radius 1 is 0.909 bits per heavy atom. The average molecular weight is 321 g/mol. The van der Waals surface area contributed by atoms with Crippen LogP contribution in [0.25, 0.3) is 33.1 Å². The molecule has 0 spiro atoms. The first kappa shape index (κ1) is 13.3. The minimum Gasteiger partial charge on any atom is -0.264 e. The molecule has 0 bridgehead atoms. The normalized spacial score (nSPS) is 10.7. The van der Waals surface area contributed by atoms with Crippen LogP contribution in [0.1, 0.15) is 0 Å². The second kappa shape index (κ2) is 5.79. The molecule has 0 aromatic carbocycles. The Hall–Kier alpha value is -2.37. The molecule has 4 aromatic rings. The third-order valence-electron chi connectivity index (χ3n) is 3.29. The number of thiophene rings is 2. The van der Waals surface area contributed by atoms with Crippen LogP contribution in [0.5, 0.6) is 0 Å². The summed E-state index contributed by atoms with van der Waals surface area (Å²) >= 11 is 3.37. The lowest BCUT2D eigenvalue weighted by Crippen LogP contribution is -1.94. The minimum absolute atomic E-state index is 0.703. The van der Waals surface area contributed by atoms with Crippen molar-refractivity contribution in [3.8, 4) is 33.1 Å². The fraction of sp³-hybridized carbons (Fsp3) is 0. The maximum Gasteiger partial charge on any atom is 0.161 e. The predicted octanol–water partition coefficient (Wildman–Crippen LogP) is 5.00. The molecule has 3 nitrogen and oxygen atoms in total. The van der Waals surface area contributed by atoms with E-state index in [-0.39, 0.29) is 0 Å². The molecule has 0 N–H and O–H groups in total. The SMILES string of the molecule is c1cncc(-c2ncc(-c3cccs3)c(-c3ccsc3)n2)c1. The zero-order valence-corrected chi connectivity index (χ0v) is 13.1. The Bertz CT molecular complexity index is 870. The first-order chi connectivity index (χ1) is 10.9. The molecular weight excluding hydrogens is 310 g/mol. The van der Waals surface area contributed by atoms with Crippen molar-refractivity contribution in [2.75, 3.05) is 0 Å². The number of hydrogen-bond donors (Lipinski definition) is 0. The monoisotopic (exact) mass is 321 g/mol. The fourth-order valence-corrected chi connectivity index (χ4v) is 3.63. The van der Waals surface area contributed by atoms with E-state index in [1.807, 2.05) is 24.4 Å². The second-order valence-electron chi connectivity index (χ2n) is 4.69. The third kappa shape index (κ3) is 2.45. The number of nitrogens with zero attached hydrogens (tertiary/aromatic N) is 3. The topological polar surface area (TPSA) is 38.7 Å². The van der Waals surface area contributed by atoms with Crippen molar-refractivity contribution in [3.63, 3.8) is 0 Å². The van der Waals surface area contributed by atoms with Gasteiger partial charge in [0.15, 0.2) is 5.82 Å². The van der Waals surface area contributed by atoms with Crippen LogP contribution in [0.4, 0.5) is 0 Å². The second-order valence-corrected chi connectivity index (χ2v) is 6.41. The first-order valence-corrected chi connectivity index (χ1v) is 8.58. The van der Waals surface area contributed by atoms with E-state index in [1.54, 1.807) is 35.1 Å². The zero-order chi connectivity index (χ0) is 14.8. The third-order valence-corrected chi connectivity index (χ3v) is 4.88. The van der Waals surface area contributed by atoms with Crippen molar-refractivity contribution >= 4 is 22.7 Å². The molecule has 22 heavy (non-hydrogen) atoms. The van der Waals surface area contributed by atoms with Gasteiger partial charge in [-0.3, -0.25) is 4.98 Å². The number of pyridine rings is 1. The van der Waals surface area contributed by atoms with Crippen LogP contribution in [-0.2, 0) is 0 Å². The van der Waals surface area contributed by atoms with Crippen LogP contribution in [0.3, 0.4) is 0 Å². The molecule has 0 unspecified atom stereocenters. The van der Waals surface area contributed by atoms with Crippen molar-refractivity contribution < 1.29 is 0 Å². The lowest BCUT2D eigenvalue weighted by molar-refractivity contribution is 1.17. The Morgan fingerprint density at radius 2 is 1.91 bits per heavy atom. The number of hydrogen-bond acceptors (Lipinski definition) is 5. The van der Waals surface area contributed by atoms with Crippen LogP contribution in [0, 0.1) is 0 Å². The van der Waals surface area contributed by atoms with Gasteiger partial charge in [-0.2, -0.15) is 11.3 Å². The maximum absolute atomic E-state index is 4.80. The summed E-state index contributed by atoms with van der Waals surface area (Å²) in [5.74, 6) is 0.703. The summed E-state index contributed by atoms with van der Waals surface area (Å²) in [4.78, 5) is 14.7. The highest BCUT2D eigenvalue weighted by molar-refractivity contribution is 7.13. The number of aromatic nitrogens is 3. The van der Waals surface area contributed by atoms with Crippen LogP contribution >= 0.6 is 22.7 Å². The van der Waals surface area contributed by atoms with Gasteiger partial charge in [-0.05, 0) is 35.0 Å². The first-order valence-electron chi connectivity index (χ1n) is 6.76. The highest BCUT2D eigenvalue weighted by Gasteiger charge is 2.13. The fourth-order valence-electron chi connectivity index (χ4n) is 2.25. The molecule has 0 fully saturated rings. The molecule has 4 aromatic heterocycles. The molecule has 0 atom stereocenters. The van der Waals surface area contributed by atoms with Gasteiger partial charge in [0, 0.05) is 45.5 Å². The van der Waals surface area contributed by atoms with Crippen LogP contribution in [-0.4, -0.2) is 15.0 Å². The summed E-state index contributed by atoms with van der Waals surface area (Å²) in [6.45, 7) is 0. The van der Waals surface area contributed by atoms with Gasteiger partial charge in [0.2, 0.25) is 0 Å². The van der Waals surface area contributed by atoms with E-state index in [0.717, 1.165) is 22.4 Å². The minimum atomic E-state index is 0.703. The Kier molecular flexibility index (Phi) is 3.50. The Morgan fingerprint density at radius 3 is 2.64 bits per heavy atom. The van der Waals surface area contributed by atoms with Gasteiger partial charge >= 0.3 is 0 Å². The van der Waals surface area contributed by atoms with Gasteiger partial charge < -0.3 is 0 Å². The summed E-state index contributed by atoms with van der Waals surface area (Å²) in [6, 6.07) is 10.1. The molecule has 4 heterocycles. The summed E-state index contributed by atoms with van der Waals surface area (Å²) < 4.78 is 0. The molecule has 106 valence electrons. The smallest absolute Gasteiger partial charge is 0.161 e. The van der Waals surface area contributed by atoms with E-state index in [4.69, 9.17) is 4.98 Å². The van der Waals surface area contributed by atoms with Crippen LogP contribution in [0.15, 0.2) is 65.1 Å². The van der Waals surface area contributed by atoms with E-state index >= 15 is 0 Å². The van der Waals surface area contributed by atoms with E-state index < -0.39 is 0 Å². The Labute approximate surface area is 136 Å². The molecular formula is C17H11N3S2. The van der Waals surface area contributed by atoms with Crippen molar-refractivity contribution in [1.29, 1.82) is 0 Å². The van der Waals surface area contributed by atoms with Crippen molar-refractivity contribution in [1.82, 2.24) is 15.0 Å². The van der Waals surface area contributed by atoms with Crippen LogP contribution in [0.2, 0.25) is 0 Å². The standard InChI is InChI=1S/C17H11N3S2/c1-3-12(9-18-6-1)17-19-10-14(15-4-2-7-22-15)16(20-17)13-5-8-21-11-13/h1-11H. The molecule has 0 amide bonds. The molecule has 0 aliphatic carbocycles. The average Bonchev–Trinajstić information content (AvgIpc) is 3.29. The van der Waals surface area contributed by atoms with Crippen molar-refractivity contribution in [3.05, 3.63) is 65.1 Å².